The second-order valence-electron chi connectivity index (χ2n) is 4.44. The van der Waals surface area contributed by atoms with Crippen LogP contribution in [-0.4, -0.2) is 23.5 Å². The van der Waals surface area contributed by atoms with Gasteiger partial charge in [0.1, 0.15) is 0 Å². The Bertz CT molecular complexity index is 468. The van der Waals surface area contributed by atoms with Crippen LogP contribution in [0.1, 0.15) is 11.3 Å². The van der Waals surface area contributed by atoms with Gasteiger partial charge in [0, 0.05) is 35.0 Å². The minimum absolute atomic E-state index is 0.990. The molecule has 3 heteroatoms. The number of halogens is 1. The summed E-state index contributed by atoms with van der Waals surface area (Å²) in [6.45, 7) is 2.02. The van der Waals surface area contributed by atoms with E-state index in [1.807, 2.05) is 18.3 Å². The van der Waals surface area contributed by atoms with E-state index in [-0.39, 0.29) is 0 Å². The number of hydrogen-bond donors (Lipinski definition) is 0. The molecule has 2 aromatic rings. The average Bonchev–Trinajstić information content (AvgIpc) is 2.40. The molecule has 2 nitrogen and oxygen atoms in total. The standard InChI is InChI=1S/C15H17IN2/c1-18(11-9-15-4-2-3-10-17-15)12-13-5-7-14(16)8-6-13/h2-8,10H,9,11-12H2,1H3. The molecular weight excluding hydrogens is 335 g/mol. The predicted molar refractivity (Wildman–Crippen MR) is 83.4 cm³/mol. The number of likely N-dealkylation sites (N-methyl/N-ethyl adjacent to an activating group) is 1. The van der Waals surface area contributed by atoms with Gasteiger partial charge in [0.05, 0.1) is 0 Å². The maximum atomic E-state index is 4.34. The number of hydrogen-bond acceptors (Lipinski definition) is 2. The van der Waals surface area contributed by atoms with Crippen molar-refractivity contribution in [2.75, 3.05) is 13.6 Å². The Labute approximate surface area is 122 Å². The lowest BCUT2D eigenvalue weighted by atomic mass is 10.2. The molecule has 0 fully saturated rings. The quantitative estimate of drug-likeness (QED) is 0.768. The molecule has 0 unspecified atom stereocenters. The Morgan fingerprint density at radius 3 is 2.56 bits per heavy atom. The molecule has 0 saturated carbocycles. The fourth-order valence-corrected chi connectivity index (χ4v) is 2.19. The number of aromatic nitrogens is 1. The molecule has 0 aliphatic rings. The number of rotatable bonds is 5. The van der Waals surface area contributed by atoms with Gasteiger partial charge in [-0.1, -0.05) is 18.2 Å². The van der Waals surface area contributed by atoms with Crippen LogP contribution in [0.2, 0.25) is 0 Å². The first-order valence-corrected chi connectivity index (χ1v) is 7.15. The molecule has 1 aromatic heterocycles. The first kappa shape index (κ1) is 13.5. The van der Waals surface area contributed by atoms with Crippen molar-refractivity contribution < 1.29 is 0 Å². The van der Waals surface area contributed by atoms with Gasteiger partial charge in [-0.15, -0.1) is 0 Å². The smallest absolute Gasteiger partial charge is 0.0416 e. The summed E-state index contributed by atoms with van der Waals surface area (Å²) >= 11 is 2.33. The average molecular weight is 352 g/mol. The number of nitrogens with zero attached hydrogens (tertiary/aromatic N) is 2. The summed E-state index contributed by atoms with van der Waals surface area (Å²) in [6.07, 6.45) is 2.86. The van der Waals surface area contributed by atoms with Gasteiger partial charge in [-0.2, -0.15) is 0 Å². The van der Waals surface area contributed by atoms with E-state index in [0.717, 1.165) is 25.2 Å². The molecule has 0 aliphatic carbocycles. The molecular formula is C15H17IN2. The fraction of sp³-hybridized carbons (Fsp3) is 0.267. The summed E-state index contributed by atoms with van der Waals surface area (Å²) in [5.41, 5.74) is 2.52. The maximum Gasteiger partial charge on any atom is 0.0416 e. The van der Waals surface area contributed by atoms with Gasteiger partial charge in [0.25, 0.3) is 0 Å². The van der Waals surface area contributed by atoms with Crippen LogP contribution < -0.4 is 0 Å². The highest BCUT2D eigenvalue weighted by Gasteiger charge is 2.01. The SMILES string of the molecule is CN(CCc1ccccn1)Cc1ccc(I)cc1. The third kappa shape index (κ3) is 4.38. The van der Waals surface area contributed by atoms with Gasteiger partial charge in [-0.3, -0.25) is 4.98 Å². The summed E-state index contributed by atoms with van der Waals surface area (Å²) in [7, 11) is 2.15. The van der Waals surface area contributed by atoms with E-state index in [0.29, 0.717) is 0 Å². The third-order valence-electron chi connectivity index (χ3n) is 2.84. The predicted octanol–water partition coefficient (Wildman–Crippen LogP) is 3.36. The summed E-state index contributed by atoms with van der Waals surface area (Å²) in [5, 5.41) is 0. The second-order valence-corrected chi connectivity index (χ2v) is 5.68. The lowest BCUT2D eigenvalue weighted by molar-refractivity contribution is 0.330. The molecule has 0 saturated heterocycles. The zero-order valence-corrected chi connectivity index (χ0v) is 12.7. The van der Waals surface area contributed by atoms with E-state index in [9.17, 15) is 0 Å². The van der Waals surface area contributed by atoms with Gasteiger partial charge in [-0.25, -0.2) is 0 Å². The van der Waals surface area contributed by atoms with Crippen LogP contribution in [0.15, 0.2) is 48.7 Å². The topological polar surface area (TPSA) is 16.1 Å². The number of benzene rings is 1. The normalized spacial score (nSPS) is 10.8. The Balaban J connectivity index is 1.82. The zero-order chi connectivity index (χ0) is 12.8. The van der Waals surface area contributed by atoms with Crippen LogP contribution in [-0.2, 0) is 13.0 Å². The van der Waals surface area contributed by atoms with Crippen LogP contribution in [0.5, 0.6) is 0 Å². The van der Waals surface area contributed by atoms with E-state index in [2.05, 4.69) is 69.9 Å². The first-order chi connectivity index (χ1) is 8.74. The van der Waals surface area contributed by atoms with Crippen molar-refractivity contribution in [1.29, 1.82) is 0 Å². The van der Waals surface area contributed by atoms with Gasteiger partial charge < -0.3 is 4.90 Å². The van der Waals surface area contributed by atoms with E-state index in [1.165, 1.54) is 9.13 Å². The summed E-state index contributed by atoms with van der Waals surface area (Å²) < 4.78 is 1.28. The Kier molecular flexibility index (Phi) is 5.13. The van der Waals surface area contributed by atoms with Gasteiger partial charge >= 0.3 is 0 Å². The molecule has 0 aliphatic heterocycles. The largest absolute Gasteiger partial charge is 0.302 e. The van der Waals surface area contributed by atoms with E-state index < -0.39 is 0 Å². The molecule has 0 radical (unpaired) electrons. The molecule has 0 N–H and O–H groups in total. The summed E-state index contributed by atoms with van der Waals surface area (Å²) in [4.78, 5) is 6.67. The molecule has 94 valence electrons. The number of pyridine rings is 1. The van der Waals surface area contributed by atoms with Crippen LogP contribution in [0.25, 0.3) is 0 Å². The molecule has 1 heterocycles. The fourth-order valence-electron chi connectivity index (χ4n) is 1.83. The lowest BCUT2D eigenvalue weighted by Gasteiger charge is -2.16. The Hall–Kier alpha value is -0.940. The van der Waals surface area contributed by atoms with Crippen LogP contribution in [0.3, 0.4) is 0 Å². The molecule has 18 heavy (non-hydrogen) atoms. The van der Waals surface area contributed by atoms with E-state index in [4.69, 9.17) is 0 Å². The second kappa shape index (κ2) is 6.85. The first-order valence-electron chi connectivity index (χ1n) is 6.07. The van der Waals surface area contributed by atoms with Gasteiger partial charge in [-0.05, 0) is 59.5 Å². The summed E-state index contributed by atoms with van der Waals surface area (Å²) in [6, 6.07) is 14.8. The highest BCUT2D eigenvalue weighted by molar-refractivity contribution is 14.1. The minimum atomic E-state index is 0.990. The van der Waals surface area contributed by atoms with Crippen LogP contribution in [0.4, 0.5) is 0 Å². The molecule has 1 aromatic carbocycles. The molecule has 0 amide bonds. The van der Waals surface area contributed by atoms with Crippen LogP contribution in [0, 0.1) is 3.57 Å². The van der Waals surface area contributed by atoms with Crippen molar-refractivity contribution in [3.8, 4) is 0 Å². The molecule has 0 atom stereocenters. The van der Waals surface area contributed by atoms with Crippen molar-refractivity contribution >= 4 is 22.6 Å². The molecule has 0 bridgehead atoms. The lowest BCUT2D eigenvalue weighted by Crippen LogP contribution is -2.21. The highest BCUT2D eigenvalue weighted by atomic mass is 127. The highest BCUT2D eigenvalue weighted by Crippen LogP contribution is 2.09. The van der Waals surface area contributed by atoms with Gasteiger partial charge in [0.15, 0.2) is 0 Å². The maximum absolute atomic E-state index is 4.34. The molecule has 0 spiro atoms. The van der Waals surface area contributed by atoms with Crippen molar-refractivity contribution in [2.24, 2.45) is 0 Å². The van der Waals surface area contributed by atoms with Crippen molar-refractivity contribution in [1.82, 2.24) is 9.88 Å². The summed E-state index contributed by atoms with van der Waals surface area (Å²) in [5.74, 6) is 0. The van der Waals surface area contributed by atoms with Crippen molar-refractivity contribution in [2.45, 2.75) is 13.0 Å². The van der Waals surface area contributed by atoms with Crippen molar-refractivity contribution in [3.05, 3.63) is 63.5 Å². The molecule has 2 rings (SSSR count). The van der Waals surface area contributed by atoms with E-state index >= 15 is 0 Å². The Morgan fingerprint density at radius 2 is 1.89 bits per heavy atom. The van der Waals surface area contributed by atoms with E-state index in [1.54, 1.807) is 0 Å². The minimum Gasteiger partial charge on any atom is -0.302 e. The monoisotopic (exact) mass is 352 g/mol. The third-order valence-corrected chi connectivity index (χ3v) is 3.56. The zero-order valence-electron chi connectivity index (χ0n) is 10.5. The Morgan fingerprint density at radius 1 is 1.11 bits per heavy atom. The van der Waals surface area contributed by atoms with Crippen LogP contribution >= 0.6 is 22.6 Å². The van der Waals surface area contributed by atoms with Crippen molar-refractivity contribution in [3.63, 3.8) is 0 Å². The van der Waals surface area contributed by atoms with Gasteiger partial charge in [0.2, 0.25) is 0 Å².